The van der Waals surface area contributed by atoms with E-state index in [0.717, 1.165) is 30.3 Å². The van der Waals surface area contributed by atoms with E-state index in [4.69, 9.17) is 16.3 Å². The molecule has 0 aliphatic carbocycles. The number of rotatable bonds is 5. The fourth-order valence-electron chi connectivity index (χ4n) is 2.50. The van der Waals surface area contributed by atoms with E-state index < -0.39 is 0 Å². The monoisotopic (exact) mass is 299 g/mol. The molecule has 0 fully saturated rings. The average molecular weight is 300 g/mol. The smallest absolute Gasteiger partial charge is 0.119 e. The topological polar surface area (TPSA) is 14.2 Å². The zero-order chi connectivity index (χ0) is 14.7. The van der Waals surface area contributed by atoms with E-state index in [-0.39, 0.29) is 0 Å². The van der Waals surface area contributed by atoms with Crippen molar-refractivity contribution in [1.82, 2.24) is 4.57 Å². The van der Waals surface area contributed by atoms with E-state index in [1.165, 1.54) is 16.5 Å². The molecule has 1 heterocycles. The molecule has 0 spiro atoms. The second-order valence-corrected chi connectivity index (χ2v) is 5.67. The SMILES string of the molecule is Cc1cccc(OCCCn2ccc3cc(Cl)ccc32)c1. The van der Waals surface area contributed by atoms with Crippen LogP contribution in [-0.4, -0.2) is 11.2 Å². The minimum atomic E-state index is 0.719. The molecule has 21 heavy (non-hydrogen) atoms. The number of hydrogen-bond acceptors (Lipinski definition) is 1. The van der Waals surface area contributed by atoms with E-state index in [0.29, 0.717) is 0 Å². The van der Waals surface area contributed by atoms with Gasteiger partial charge in [-0.15, -0.1) is 0 Å². The molecule has 0 unspecified atom stereocenters. The van der Waals surface area contributed by atoms with Crippen molar-refractivity contribution in [1.29, 1.82) is 0 Å². The highest BCUT2D eigenvalue weighted by molar-refractivity contribution is 6.31. The molecule has 0 bridgehead atoms. The predicted octanol–water partition coefficient (Wildman–Crippen LogP) is 5.07. The molecular weight excluding hydrogens is 282 g/mol. The highest BCUT2D eigenvalue weighted by Crippen LogP contribution is 2.20. The number of halogens is 1. The molecule has 0 atom stereocenters. The fourth-order valence-corrected chi connectivity index (χ4v) is 2.68. The number of ether oxygens (including phenoxy) is 1. The van der Waals surface area contributed by atoms with E-state index >= 15 is 0 Å². The zero-order valence-electron chi connectivity index (χ0n) is 12.1. The summed E-state index contributed by atoms with van der Waals surface area (Å²) in [6.07, 6.45) is 3.08. The van der Waals surface area contributed by atoms with Crippen LogP contribution in [-0.2, 0) is 6.54 Å². The highest BCUT2D eigenvalue weighted by atomic mass is 35.5. The Labute approximate surface area is 129 Å². The zero-order valence-corrected chi connectivity index (χ0v) is 12.8. The lowest BCUT2D eigenvalue weighted by Gasteiger charge is -2.08. The van der Waals surface area contributed by atoms with Crippen LogP contribution in [0.3, 0.4) is 0 Å². The number of aryl methyl sites for hydroxylation is 2. The van der Waals surface area contributed by atoms with Gasteiger partial charge in [0, 0.05) is 28.7 Å². The second-order valence-electron chi connectivity index (χ2n) is 5.23. The van der Waals surface area contributed by atoms with Gasteiger partial charge in [0.2, 0.25) is 0 Å². The Morgan fingerprint density at radius 1 is 1.10 bits per heavy atom. The van der Waals surface area contributed by atoms with Crippen LogP contribution in [0.2, 0.25) is 5.02 Å². The molecule has 1 aromatic heterocycles. The van der Waals surface area contributed by atoms with Crippen molar-refractivity contribution in [3.8, 4) is 5.75 Å². The van der Waals surface area contributed by atoms with Crippen molar-refractivity contribution in [2.24, 2.45) is 0 Å². The summed E-state index contributed by atoms with van der Waals surface area (Å²) < 4.78 is 8.02. The van der Waals surface area contributed by atoms with Gasteiger partial charge in [-0.1, -0.05) is 23.7 Å². The fraction of sp³-hybridized carbons (Fsp3) is 0.222. The van der Waals surface area contributed by atoms with Gasteiger partial charge >= 0.3 is 0 Å². The Morgan fingerprint density at radius 2 is 2.00 bits per heavy atom. The first kappa shape index (κ1) is 14.0. The molecule has 2 nitrogen and oxygen atoms in total. The maximum atomic E-state index is 6.01. The van der Waals surface area contributed by atoms with Crippen molar-refractivity contribution >= 4 is 22.5 Å². The first-order valence-electron chi connectivity index (χ1n) is 7.16. The molecule has 0 saturated carbocycles. The van der Waals surface area contributed by atoms with E-state index in [1.807, 2.05) is 24.3 Å². The van der Waals surface area contributed by atoms with Gasteiger partial charge in [-0.2, -0.15) is 0 Å². The number of benzene rings is 2. The maximum Gasteiger partial charge on any atom is 0.119 e. The van der Waals surface area contributed by atoms with Crippen molar-refractivity contribution in [2.75, 3.05) is 6.61 Å². The first-order chi connectivity index (χ1) is 10.2. The van der Waals surface area contributed by atoms with Gasteiger partial charge in [-0.05, 0) is 55.3 Å². The lowest BCUT2D eigenvalue weighted by molar-refractivity contribution is 0.302. The summed E-state index contributed by atoms with van der Waals surface area (Å²) in [6, 6.07) is 16.3. The lowest BCUT2D eigenvalue weighted by atomic mass is 10.2. The van der Waals surface area contributed by atoms with Crippen LogP contribution in [0.1, 0.15) is 12.0 Å². The van der Waals surface area contributed by atoms with Crippen LogP contribution >= 0.6 is 11.6 Å². The quantitative estimate of drug-likeness (QED) is 0.600. The number of nitrogens with zero attached hydrogens (tertiary/aromatic N) is 1. The Morgan fingerprint density at radius 3 is 2.86 bits per heavy atom. The van der Waals surface area contributed by atoms with Crippen LogP contribution < -0.4 is 4.74 Å². The van der Waals surface area contributed by atoms with Gasteiger partial charge in [-0.25, -0.2) is 0 Å². The summed E-state index contributed by atoms with van der Waals surface area (Å²) in [5.41, 5.74) is 2.44. The Balaban J connectivity index is 1.57. The summed E-state index contributed by atoms with van der Waals surface area (Å²) >= 11 is 6.01. The van der Waals surface area contributed by atoms with Crippen LogP contribution in [0.4, 0.5) is 0 Å². The van der Waals surface area contributed by atoms with Crippen LogP contribution in [0, 0.1) is 6.92 Å². The molecule has 3 aromatic rings. The summed E-state index contributed by atoms with van der Waals surface area (Å²) in [5, 5.41) is 1.96. The van der Waals surface area contributed by atoms with Gasteiger partial charge < -0.3 is 9.30 Å². The third kappa shape index (κ3) is 3.40. The van der Waals surface area contributed by atoms with Crippen molar-refractivity contribution in [2.45, 2.75) is 19.9 Å². The van der Waals surface area contributed by atoms with Crippen molar-refractivity contribution in [3.63, 3.8) is 0 Å². The Hall–Kier alpha value is -1.93. The Kier molecular flexibility index (Phi) is 4.16. The summed E-state index contributed by atoms with van der Waals surface area (Å²) in [7, 11) is 0. The minimum absolute atomic E-state index is 0.719. The molecule has 108 valence electrons. The normalized spacial score (nSPS) is 11.0. The van der Waals surface area contributed by atoms with Crippen molar-refractivity contribution < 1.29 is 4.74 Å². The Bertz CT molecular complexity index is 748. The van der Waals surface area contributed by atoms with E-state index in [1.54, 1.807) is 0 Å². The summed E-state index contributed by atoms with van der Waals surface area (Å²) in [5.74, 6) is 0.944. The molecule has 3 heteroatoms. The highest BCUT2D eigenvalue weighted by Gasteiger charge is 2.01. The van der Waals surface area contributed by atoms with E-state index in [2.05, 4.69) is 42.0 Å². The first-order valence-corrected chi connectivity index (χ1v) is 7.54. The molecule has 0 radical (unpaired) electrons. The average Bonchev–Trinajstić information content (AvgIpc) is 2.86. The van der Waals surface area contributed by atoms with Gasteiger partial charge in [-0.3, -0.25) is 0 Å². The van der Waals surface area contributed by atoms with Crippen molar-refractivity contribution in [3.05, 3.63) is 65.3 Å². The van der Waals surface area contributed by atoms with Gasteiger partial charge in [0.25, 0.3) is 0 Å². The third-order valence-electron chi connectivity index (χ3n) is 3.53. The summed E-state index contributed by atoms with van der Waals surface area (Å²) in [6.45, 7) is 3.73. The van der Waals surface area contributed by atoms with Crippen LogP contribution in [0.15, 0.2) is 54.7 Å². The van der Waals surface area contributed by atoms with Crippen LogP contribution in [0.25, 0.3) is 10.9 Å². The van der Waals surface area contributed by atoms with Gasteiger partial charge in [0.15, 0.2) is 0 Å². The molecular formula is C18H18ClNO. The number of aromatic nitrogens is 1. The molecule has 0 aliphatic rings. The standard InChI is InChI=1S/C18H18ClNO/c1-14-4-2-5-17(12-14)21-11-3-9-20-10-8-15-13-16(19)6-7-18(15)20/h2,4-8,10,12-13H,3,9,11H2,1H3. The molecule has 0 N–H and O–H groups in total. The largest absolute Gasteiger partial charge is 0.494 e. The van der Waals surface area contributed by atoms with Crippen LogP contribution in [0.5, 0.6) is 5.75 Å². The second kappa shape index (κ2) is 6.23. The lowest BCUT2D eigenvalue weighted by Crippen LogP contribution is -2.03. The summed E-state index contributed by atoms with van der Waals surface area (Å²) in [4.78, 5) is 0. The van der Waals surface area contributed by atoms with Gasteiger partial charge in [0.1, 0.15) is 5.75 Å². The molecule has 0 amide bonds. The molecule has 3 rings (SSSR count). The third-order valence-corrected chi connectivity index (χ3v) is 3.77. The van der Waals surface area contributed by atoms with E-state index in [9.17, 15) is 0 Å². The maximum absolute atomic E-state index is 6.01. The molecule has 0 saturated heterocycles. The number of hydrogen-bond donors (Lipinski definition) is 0. The molecule has 2 aromatic carbocycles. The molecule has 0 aliphatic heterocycles. The minimum Gasteiger partial charge on any atom is -0.494 e. The number of fused-ring (bicyclic) bond motifs is 1. The van der Waals surface area contributed by atoms with Gasteiger partial charge in [0.05, 0.1) is 6.61 Å². The predicted molar refractivity (Wildman–Crippen MR) is 88.2 cm³/mol.